The maximum Gasteiger partial charge on any atom is 0.346 e. The molecule has 0 aromatic carbocycles. The van der Waals surface area contributed by atoms with Gasteiger partial charge in [0.2, 0.25) is 9.05 Å². The molecule has 1 aliphatic heterocycles. The summed E-state index contributed by atoms with van der Waals surface area (Å²) in [7, 11) is 1.48. The highest BCUT2D eigenvalue weighted by Crippen LogP contribution is 2.19. The lowest BCUT2D eigenvalue weighted by Crippen LogP contribution is -2.22. The van der Waals surface area contributed by atoms with Crippen LogP contribution in [0.3, 0.4) is 0 Å². The van der Waals surface area contributed by atoms with Crippen LogP contribution >= 0.6 is 10.7 Å². The molecule has 1 atom stereocenters. The fourth-order valence-corrected chi connectivity index (χ4v) is 2.11. The minimum Gasteiger partial charge on any atom is -0.304 e. The number of allylic oxidation sites excluding steroid dienone is 1. The maximum atomic E-state index is 11.0. The van der Waals surface area contributed by atoms with Gasteiger partial charge in [-0.3, -0.25) is 0 Å². The zero-order chi connectivity index (χ0) is 10.3. The van der Waals surface area contributed by atoms with E-state index in [0.717, 1.165) is 0 Å². The van der Waals surface area contributed by atoms with E-state index < -0.39 is 20.3 Å². The summed E-state index contributed by atoms with van der Waals surface area (Å²) in [5.41, 5.74) is 0.832. The predicted octanol–water partition coefficient (Wildman–Crippen LogP) is 0.542. The van der Waals surface area contributed by atoms with E-state index in [2.05, 4.69) is 10.3 Å². The van der Waals surface area contributed by atoms with Gasteiger partial charge in [0, 0.05) is 10.7 Å². The van der Waals surface area contributed by atoms with Crippen LogP contribution in [0.25, 0.3) is 0 Å². The second-order valence-corrected chi connectivity index (χ2v) is 5.59. The van der Waals surface area contributed by atoms with Gasteiger partial charge in [0.15, 0.2) is 0 Å². The fraction of sp³-hybridized carbons (Fsp3) is 0.143. The zero-order valence-electron chi connectivity index (χ0n) is 6.77. The number of amides is 2. The van der Waals surface area contributed by atoms with Gasteiger partial charge in [-0.1, -0.05) is 6.08 Å². The van der Waals surface area contributed by atoms with E-state index in [1.165, 1.54) is 18.2 Å². The molecule has 0 saturated heterocycles. The molecular formula is C7H5ClN2O3S. The second kappa shape index (κ2) is 2.93. The Balaban J connectivity index is 2.39. The molecule has 14 heavy (non-hydrogen) atoms. The number of hydrogen-bond donors (Lipinski definition) is 1. The molecule has 5 nitrogen and oxygen atoms in total. The fourth-order valence-electron chi connectivity index (χ4n) is 1.21. The quantitative estimate of drug-likeness (QED) is 0.671. The lowest BCUT2D eigenvalue weighted by molar-refractivity contribution is 0.253. The summed E-state index contributed by atoms with van der Waals surface area (Å²) < 4.78 is 21.9. The van der Waals surface area contributed by atoms with Crippen LogP contribution in [0.5, 0.6) is 0 Å². The van der Waals surface area contributed by atoms with Crippen molar-refractivity contribution in [2.45, 2.75) is 5.25 Å². The van der Waals surface area contributed by atoms with Crippen molar-refractivity contribution in [3.8, 4) is 0 Å². The van der Waals surface area contributed by atoms with E-state index in [0.29, 0.717) is 11.4 Å². The van der Waals surface area contributed by atoms with E-state index in [-0.39, 0.29) is 0 Å². The highest BCUT2D eigenvalue weighted by Gasteiger charge is 2.27. The Labute approximate surface area is 84.6 Å². The average Bonchev–Trinajstić information content (AvgIpc) is 2.41. The number of hydrogen-bond acceptors (Lipinski definition) is 3. The Kier molecular flexibility index (Phi) is 1.97. The van der Waals surface area contributed by atoms with E-state index in [1.807, 2.05) is 0 Å². The molecule has 0 bridgehead atoms. The molecule has 1 aliphatic carbocycles. The molecule has 0 saturated carbocycles. The third-order valence-electron chi connectivity index (χ3n) is 1.84. The average molecular weight is 233 g/mol. The van der Waals surface area contributed by atoms with Crippen molar-refractivity contribution in [2.75, 3.05) is 0 Å². The summed E-state index contributed by atoms with van der Waals surface area (Å²) in [4.78, 5) is 14.4. The summed E-state index contributed by atoms with van der Waals surface area (Å²) in [6, 6.07) is -0.497. The van der Waals surface area contributed by atoms with Crippen molar-refractivity contribution in [1.29, 1.82) is 0 Å². The molecule has 74 valence electrons. The number of aliphatic imine (C=N–C) groups is 1. The summed E-state index contributed by atoms with van der Waals surface area (Å²) in [5.74, 6) is 0. The molecule has 0 spiro atoms. The number of carbonyl (C=O) groups excluding carboxylic acids is 1. The molecule has 2 rings (SSSR count). The van der Waals surface area contributed by atoms with Gasteiger partial charge in [-0.15, -0.1) is 0 Å². The molecule has 0 aromatic heterocycles. The number of halogens is 1. The van der Waals surface area contributed by atoms with E-state index in [9.17, 15) is 13.2 Å². The summed E-state index contributed by atoms with van der Waals surface area (Å²) in [6.07, 6.45) is 4.19. The van der Waals surface area contributed by atoms with Crippen LogP contribution in [-0.4, -0.2) is 25.4 Å². The first-order valence-electron chi connectivity index (χ1n) is 3.70. The second-order valence-electron chi connectivity index (χ2n) is 2.81. The van der Waals surface area contributed by atoms with E-state index in [1.54, 1.807) is 0 Å². The van der Waals surface area contributed by atoms with Crippen molar-refractivity contribution >= 4 is 31.5 Å². The minimum absolute atomic E-state index is 0.395. The molecule has 0 fully saturated rings. The van der Waals surface area contributed by atoms with Crippen molar-refractivity contribution in [2.24, 2.45) is 4.99 Å². The van der Waals surface area contributed by atoms with Crippen molar-refractivity contribution in [1.82, 2.24) is 5.32 Å². The third kappa shape index (κ3) is 1.58. The Bertz CT molecular complexity index is 489. The lowest BCUT2D eigenvalue weighted by Gasteiger charge is -2.10. The topological polar surface area (TPSA) is 75.6 Å². The summed E-state index contributed by atoms with van der Waals surface area (Å²) >= 11 is 0. The molecule has 7 heteroatoms. The van der Waals surface area contributed by atoms with Gasteiger partial charge < -0.3 is 5.32 Å². The molecule has 2 aliphatic rings. The number of fused-ring (bicyclic) bond motifs is 1. The number of nitrogens with zero attached hydrogens (tertiary/aromatic N) is 1. The minimum atomic E-state index is -3.68. The summed E-state index contributed by atoms with van der Waals surface area (Å²) in [6.45, 7) is 0. The maximum absolute atomic E-state index is 11.0. The SMILES string of the molecule is O=C1N=C2C=CC(S(=O)(=O)Cl)C=C2N1. The number of nitrogens with one attached hydrogen (secondary N) is 1. The van der Waals surface area contributed by atoms with Crippen LogP contribution < -0.4 is 5.32 Å². The van der Waals surface area contributed by atoms with E-state index >= 15 is 0 Å². The van der Waals surface area contributed by atoms with Crippen LogP contribution in [0.1, 0.15) is 0 Å². The van der Waals surface area contributed by atoms with Crippen molar-refractivity contribution in [3.63, 3.8) is 0 Å². The zero-order valence-corrected chi connectivity index (χ0v) is 8.34. The smallest absolute Gasteiger partial charge is 0.304 e. The Morgan fingerprint density at radius 3 is 2.86 bits per heavy atom. The van der Waals surface area contributed by atoms with Crippen LogP contribution in [0.4, 0.5) is 4.79 Å². The van der Waals surface area contributed by atoms with Crippen LogP contribution in [0, 0.1) is 0 Å². The normalized spacial score (nSPS) is 25.2. The summed E-state index contributed by atoms with van der Waals surface area (Å²) in [5, 5.41) is 1.50. The number of carbonyl (C=O) groups is 1. The first-order valence-corrected chi connectivity index (χ1v) is 6.07. The molecule has 0 radical (unpaired) electrons. The molecule has 2 amide bonds. The lowest BCUT2D eigenvalue weighted by atomic mass is 10.1. The monoisotopic (exact) mass is 232 g/mol. The molecule has 1 unspecified atom stereocenters. The van der Waals surface area contributed by atoms with Gasteiger partial charge in [-0.05, 0) is 12.2 Å². The van der Waals surface area contributed by atoms with Crippen LogP contribution in [0.2, 0.25) is 0 Å². The van der Waals surface area contributed by atoms with Gasteiger partial charge in [-0.2, -0.15) is 4.99 Å². The molecular weight excluding hydrogens is 228 g/mol. The number of urea groups is 1. The van der Waals surface area contributed by atoms with Crippen LogP contribution in [-0.2, 0) is 9.05 Å². The Morgan fingerprint density at radius 2 is 2.21 bits per heavy atom. The first-order chi connectivity index (χ1) is 6.47. The van der Waals surface area contributed by atoms with Crippen molar-refractivity contribution in [3.05, 3.63) is 23.9 Å². The molecule has 1 N–H and O–H groups in total. The highest BCUT2D eigenvalue weighted by molar-refractivity contribution is 8.14. The van der Waals surface area contributed by atoms with Crippen molar-refractivity contribution < 1.29 is 13.2 Å². The highest BCUT2D eigenvalue weighted by atomic mass is 35.7. The predicted molar refractivity (Wildman–Crippen MR) is 51.8 cm³/mol. The Hall–Kier alpha value is -1.14. The standard InChI is InChI=1S/C7H5ClN2O3S/c8-14(12,13)4-1-2-5-6(3-4)10-7(11)9-5/h1-4H,(H,10,11). The van der Waals surface area contributed by atoms with Gasteiger partial charge in [-0.25, -0.2) is 13.2 Å². The van der Waals surface area contributed by atoms with Gasteiger partial charge in [0.05, 0.1) is 11.4 Å². The van der Waals surface area contributed by atoms with Crippen LogP contribution in [0.15, 0.2) is 28.9 Å². The van der Waals surface area contributed by atoms with Gasteiger partial charge in [0.1, 0.15) is 5.25 Å². The van der Waals surface area contributed by atoms with Gasteiger partial charge in [0.25, 0.3) is 0 Å². The first kappa shape index (κ1) is 9.42. The molecule has 0 aromatic rings. The largest absolute Gasteiger partial charge is 0.346 e. The van der Waals surface area contributed by atoms with E-state index in [4.69, 9.17) is 10.7 Å². The number of rotatable bonds is 1. The van der Waals surface area contributed by atoms with Gasteiger partial charge >= 0.3 is 6.03 Å². The third-order valence-corrected chi connectivity index (χ3v) is 3.40. The molecule has 1 heterocycles. The Morgan fingerprint density at radius 1 is 1.50 bits per heavy atom.